The van der Waals surface area contributed by atoms with Gasteiger partial charge >= 0.3 is 0 Å². The van der Waals surface area contributed by atoms with Gasteiger partial charge in [-0.15, -0.1) is 0 Å². The summed E-state index contributed by atoms with van der Waals surface area (Å²) in [6.07, 6.45) is 4.90. The third-order valence-electron chi connectivity index (χ3n) is 4.48. The van der Waals surface area contributed by atoms with Crippen molar-refractivity contribution in [1.29, 1.82) is 0 Å². The number of amides is 1. The summed E-state index contributed by atoms with van der Waals surface area (Å²) in [5.41, 5.74) is 0. The normalized spacial score (nSPS) is 20.4. The van der Waals surface area contributed by atoms with Gasteiger partial charge in [0.2, 0.25) is 5.91 Å². The molecule has 0 aromatic carbocycles. The lowest BCUT2D eigenvalue weighted by Gasteiger charge is -2.25. The Labute approximate surface area is 134 Å². The van der Waals surface area contributed by atoms with Crippen LogP contribution in [-0.2, 0) is 4.79 Å². The van der Waals surface area contributed by atoms with Gasteiger partial charge in [-0.3, -0.25) is 4.79 Å². The summed E-state index contributed by atoms with van der Waals surface area (Å²) < 4.78 is 0. The van der Waals surface area contributed by atoms with E-state index in [-0.39, 0.29) is 12.5 Å². The Balaban J connectivity index is 1.82. The Kier molecular flexibility index (Phi) is 6.49. The van der Waals surface area contributed by atoms with Crippen molar-refractivity contribution in [2.24, 2.45) is 10.9 Å². The van der Waals surface area contributed by atoms with Gasteiger partial charge in [-0.05, 0) is 52.6 Å². The van der Waals surface area contributed by atoms with Gasteiger partial charge in [0.05, 0.1) is 0 Å². The molecule has 6 nitrogen and oxygen atoms in total. The summed E-state index contributed by atoms with van der Waals surface area (Å²) in [5.74, 6) is 1.69. The highest BCUT2D eigenvalue weighted by Gasteiger charge is 2.32. The predicted octanol–water partition coefficient (Wildman–Crippen LogP) is 0.504. The van der Waals surface area contributed by atoms with E-state index >= 15 is 0 Å². The van der Waals surface area contributed by atoms with Crippen LogP contribution in [0.1, 0.15) is 32.6 Å². The third-order valence-corrected chi connectivity index (χ3v) is 4.48. The Bertz CT molecular complexity index is 384. The number of likely N-dealkylation sites (N-methyl/N-ethyl adjacent to an activating group) is 1. The van der Waals surface area contributed by atoms with E-state index in [1.807, 2.05) is 11.8 Å². The molecule has 1 amide bonds. The number of hydrogen-bond acceptors (Lipinski definition) is 3. The van der Waals surface area contributed by atoms with Gasteiger partial charge in [0.25, 0.3) is 0 Å². The van der Waals surface area contributed by atoms with Gasteiger partial charge in [-0.25, -0.2) is 4.99 Å². The monoisotopic (exact) mass is 309 g/mol. The second kappa shape index (κ2) is 8.36. The Hall–Kier alpha value is -1.30. The molecule has 0 radical (unpaired) electrons. The van der Waals surface area contributed by atoms with Gasteiger partial charge in [0.15, 0.2) is 5.96 Å². The van der Waals surface area contributed by atoms with Crippen LogP contribution >= 0.6 is 0 Å². The lowest BCUT2D eigenvalue weighted by molar-refractivity contribution is -0.128. The molecule has 22 heavy (non-hydrogen) atoms. The average Bonchev–Trinajstić information content (AvgIpc) is 3.16. The molecule has 0 aromatic heterocycles. The average molecular weight is 309 g/mol. The van der Waals surface area contributed by atoms with Crippen LogP contribution in [0.25, 0.3) is 0 Å². The summed E-state index contributed by atoms with van der Waals surface area (Å²) in [6, 6.07) is 0.540. The summed E-state index contributed by atoms with van der Waals surface area (Å²) in [4.78, 5) is 20.7. The second-order valence-corrected chi connectivity index (χ2v) is 6.53. The molecule has 126 valence electrons. The van der Waals surface area contributed by atoms with Gasteiger partial charge in [0, 0.05) is 32.2 Å². The van der Waals surface area contributed by atoms with Crippen LogP contribution in [0.15, 0.2) is 4.99 Å². The Morgan fingerprint density at radius 2 is 1.95 bits per heavy atom. The molecule has 0 aromatic rings. The topological polar surface area (TPSA) is 60.0 Å². The number of hydrogen-bond donors (Lipinski definition) is 2. The lowest BCUT2D eigenvalue weighted by atomic mass is 10.1. The van der Waals surface area contributed by atoms with E-state index < -0.39 is 0 Å². The highest BCUT2D eigenvalue weighted by Crippen LogP contribution is 2.34. The van der Waals surface area contributed by atoms with E-state index in [4.69, 9.17) is 0 Å². The highest BCUT2D eigenvalue weighted by molar-refractivity contribution is 5.85. The predicted molar refractivity (Wildman–Crippen MR) is 90.0 cm³/mol. The van der Waals surface area contributed by atoms with Crippen LogP contribution in [0.4, 0.5) is 0 Å². The van der Waals surface area contributed by atoms with E-state index in [2.05, 4.69) is 34.6 Å². The molecule has 1 atom stereocenters. The van der Waals surface area contributed by atoms with Crippen LogP contribution in [0.5, 0.6) is 0 Å². The minimum Gasteiger partial charge on any atom is -0.357 e. The third kappa shape index (κ3) is 5.16. The van der Waals surface area contributed by atoms with Crippen molar-refractivity contribution in [1.82, 2.24) is 20.4 Å². The molecule has 1 saturated heterocycles. The number of guanidine groups is 1. The van der Waals surface area contributed by atoms with Crippen molar-refractivity contribution in [3.05, 3.63) is 0 Å². The van der Waals surface area contributed by atoms with Crippen LogP contribution in [0.3, 0.4) is 0 Å². The molecule has 2 fully saturated rings. The Morgan fingerprint density at radius 3 is 2.50 bits per heavy atom. The molecule has 2 aliphatic rings. The standard InChI is InChI=1S/C16H31N5O/c1-4-17-16(18-11-14(20(2)3)13-7-8-13)19-12-15(22)21-9-5-6-10-21/h13-14H,4-12H2,1-3H3,(H2,17,18,19). The molecular formula is C16H31N5O. The van der Waals surface area contributed by atoms with Crippen LogP contribution in [-0.4, -0.2) is 74.5 Å². The number of rotatable bonds is 7. The van der Waals surface area contributed by atoms with E-state index in [0.717, 1.165) is 50.9 Å². The minimum atomic E-state index is 0.140. The largest absolute Gasteiger partial charge is 0.357 e. The molecule has 0 spiro atoms. The maximum atomic E-state index is 12.1. The molecular weight excluding hydrogens is 278 g/mol. The van der Waals surface area contributed by atoms with E-state index in [0.29, 0.717) is 6.04 Å². The molecule has 1 aliphatic heterocycles. The molecule has 0 bridgehead atoms. The first-order valence-electron chi connectivity index (χ1n) is 8.58. The van der Waals surface area contributed by atoms with Crippen molar-refractivity contribution < 1.29 is 4.79 Å². The smallest absolute Gasteiger partial charge is 0.244 e. The quantitative estimate of drug-likeness (QED) is 0.531. The maximum Gasteiger partial charge on any atom is 0.244 e. The second-order valence-electron chi connectivity index (χ2n) is 6.53. The first-order valence-corrected chi connectivity index (χ1v) is 8.58. The molecule has 1 heterocycles. The van der Waals surface area contributed by atoms with E-state index in [9.17, 15) is 4.79 Å². The van der Waals surface area contributed by atoms with Crippen molar-refractivity contribution in [2.75, 3.05) is 46.8 Å². The number of nitrogens with one attached hydrogen (secondary N) is 2. The van der Waals surface area contributed by atoms with Gasteiger partial charge in [-0.1, -0.05) is 0 Å². The molecule has 2 N–H and O–H groups in total. The molecule has 2 rings (SSSR count). The van der Waals surface area contributed by atoms with E-state index in [1.165, 1.54) is 12.8 Å². The van der Waals surface area contributed by atoms with Crippen molar-refractivity contribution in [2.45, 2.75) is 38.6 Å². The van der Waals surface area contributed by atoms with Crippen LogP contribution < -0.4 is 10.6 Å². The molecule has 1 unspecified atom stereocenters. The number of carbonyl (C=O) groups excluding carboxylic acids is 1. The zero-order valence-electron chi connectivity index (χ0n) is 14.3. The number of nitrogens with zero attached hydrogens (tertiary/aromatic N) is 3. The summed E-state index contributed by atoms with van der Waals surface area (Å²) >= 11 is 0. The number of carbonyl (C=O) groups is 1. The van der Waals surface area contributed by atoms with Crippen LogP contribution in [0, 0.1) is 5.92 Å². The minimum absolute atomic E-state index is 0.140. The summed E-state index contributed by atoms with van der Waals surface area (Å²) in [7, 11) is 4.26. The highest BCUT2D eigenvalue weighted by atomic mass is 16.2. The van der Waals surface area contributed by atoms with Crippen molar-refractivity contribution >= 4 is 11.9 Å². The number of likely N-dealkylation sites (tertiary alicyclic amines) is 1. The number of aliphatic imine (C=N–C) groups is 1. The maximum absolute atomic E-state index is 12.1. The fraction of sp³-hybridized carbons (Fsp3) is 0.875. The Morgan fingerprint density at radius 1 is 1.27 bits per heavy atom. The van der Waals surface area contributed by atoms with Crippen molar-refractivity contribution in [3.63, 3.8) is 0 Å². The fourth-order valence-corrected chi connectivity index (χ4v) is 3.01. The van der Waals surface area contributed by atoms with Gasteiger partial charge in [-0.2, -0.15) is 0 Å². The van der Waals surface area contributed by atoms with Gasteiger partial charge in [0.1, 0.15) is 6.54 Å². The summed E-state index contributed by atoms with van der Waals surface area (Å²) in [6.45, 7) is 5.75. The SMILES string of the molecule is CCNC(=NCC(=O)N1CCCC1)NCC(C1CC1)N(C)C. The molecule has 1 saturated carbocycles. The fourth-order valence-electron chi connectivity index (χ4n) is 3.01. The summed E-state index contributed by atoms with van der Waals surface area (Å²) in [5, 5.41) is 6.63. The zero-order chi connectivity index (χ0) is 15.9. The van der Waals surface area contributed by atoms with Crippen molar-refractivity contribution in [3.8, 4) is 0 Å². The van der Waals surface area contributed by atoms with Crippen LogP contribution in [0.2, 0.25) is 0 Å². The zero-order valence-corrected chi connectivity index (χ0v) is 14.3. The van der Waals surface area contributed by atoms with Gasteiger partial charge < -0.3 is 20.4 Å². The first-order chi connectivity index (χ1) is 10.6. The van der Waals surface area contributed by atoms with E-state index in [1.54, 1.807) is 0 Å². The first kappa shape index (κ1) is 17.1. The molecule has 6 heteroatoms. The lowest BCUT2D eigenvalue weighted by Crippen LogP contribution is -2.46. The molecule has 1 aliphatic carbocycles.